The van der Waals surface area contributed by atoms with E-state index in [2.05, 4.69) is 36.3 Å². The first-order valence-electron chi connectivity index (χ1n) is 6.42. The molecule has 6 nitrogen and oxygen atoms in total. The van der Waals surface area contributed by atoms with Crippen LogP contribution >= 0.6 is 0 Å². The lowest BCUT2D eigenvalue weighted by Gasteiger charge is -2.16. The van der Waals surface area contributed by atoms with E-state index in [4.69, 9.17) is 11.5 Å². The number of anilines is 2. The fraction of sp³-hybridized carbons (Fsp3) is 0.462. The summed E-state index contributed by atoms with van der Waals surface area (Å²) in [5, 5.41) is 11.9. The molecule has 1 atom stereocenters. The highest BCUT2D eigenvalue weighted by atomic mass is 15.5. The van der Waals surface area contributed by atoms with Crippen molar-refractivity contribution in [1.82, 2.24) is 20.2 Å². The first kappa shape index (κ1) is 13.3. The first-order chi connectivity index (χ1) is 8.99. The van der Waals surface area contributed by atoms with Crippen LogP contribution in [0.25, 0.3) is 11.4 Å². The molecule has 1 aromatic carbocycles. The standard InChI is InChI=1S/C13H20N6/c1-8(2)6-9(3)19-13(16-17-18-19)11-5-4-10(14)7-12(11)15/h4-5,7-9H,6,14-15H2,1-3H3. The topological polar surface area (TPSA) is 95.6 Å². The zero-order valence-corrected chi connectivity index (χ0v) is 11.5. The number of hydrogen-bond donors (Lipinski definition) is 2. The molecule has 6 heteroatoms. The molecule has 0 aliphatic rings. The number of nitrogens with two attached hydrogens (primary N) is 2. The largest absolute Gasteiger partial charge is 0.399 e. The zero-order valence-electron chi connectivity index (χ0n) is 11.5. The Morgan fingerprint density at radius 1 is 1.21 bits per heavy atom. The van der Waals surface area contributed by atoms with Crippen molar-refractivity contribution in [2.24, 2.45) is 5.92 Å². The number of rotatable bonds is 4. The van der Waals surface area contributed by atoms with Gasteiger partial charge < -0.3 is 11.5 Å². The molecule has 1 unspecified atom stereocenters. The van der Waals surface area contributed by atoms with Gasteiger partial charge in [-0.1, -0.05) is 13.8 Å². The van der Waals surface area contributed by atoms with Crippen LogP contribution in [0.4, 0.5) is 11.4 Å². The number of benzene rings is 1. The van der Waals surface area contributed by atoms with Gasteiger partial charge >= 0.3 is 0 Å². The predicted octanol–water partition coefficient (Wildman–Crippen LogP) is 2.11. The van der Waals surface area contributed by atoms with Gasteiger partial charge in [0.1, 0.15) is 0 Å². The number of nitrogen functional groups attached to an aromatic ring is 2. The van der Waals surface area contributed by atoms with E-state index in [1.165, 1.54) is 0 Å². The van der Waals surface area contributed by atoms with E-state index in [1.807, 2.05) is 10.7 Å². The van der Waals surface area contributed by atoms with Crippen molar-refractivity contribution in [3.8, 4) is 11.4 Å². The third kappa shape index (κ3) is 2.83. The lowest BCUT2D eigenvalue weighted by atomic mass is 10.0. The lowest BCUT2D eigenvalue weighted by molar-refractivity contribution is 0.394. The molecule has 0 radical (unpaired) electrons. The van der Waals surface area contributed by atoms with E-state index in [-0.39, 0.29) is 6.04 Å². The second-order valence-electron chi connectivity index (χ2n) is 5.27. The van der Waals surface area contributed by atoms with Crippen LogP contribution in [0.1, 0.15) is 33.2 Å². The summed E-state index contributed by atoms with van der Waals surface area (Å²) >= 11 is 0. The molecule has 0 bridgehead atoms. The highest BCUT2D eigenvalue weighted by Crippen LogP contribution is 2.28. The average Bonchev–Trinajstić information content (AvgIpc) is 2.76. The van der Waals surface area contributed by atoms with Crippen molar-refractivity contribution in [3.05, 3.63) is 18.2 Å². The van der Waals surface area contributed by atoms with Crippen molar-refractivity contribution in [1.29, 1.82) is 0 Å². The van der Waals surface area contributed by atoms with E-state index in [1.54, 1.807) is 12.1 Å². The molecular formula is C13H20N6. The predicted molar refractivity (Wildman–Crippen MR) is 76.2 cm³/mol. The van der Waals surface area contributed by atoms with Crippen molar-refractivity contribution in [2.45, 2.75) is 33.2 Å². The van der Waals surface area contributed by atoms with Gasteiger partial charge in [0.25, 0.3) is 0 Å². The van der Waals surface area contributed by atoms with Gasteiger partial charge in [-0.25, -0.2) is 4.68 Å². The summed E-state index contributed by atoms with van der Waals surface area (Å²) in [4.78, 5) is 0. The Hall–Kier alpha value is -2.11. The summed E-state index contributed by atoms with van der Waals surface area (Å²) in [5.74, 6) is 1.27. The van der Waals surface area contributed by atoms with Gasteiger partial charge in [0.05, 0.1) is 6.04 Å². The molecule has 4 N–H and O–H groups in total. The van der Waals surface area contributed by atoms with E-state index in [0.717, 1.165) is 12.0 Å². The molecule has 19 heavy (non-hydrogen) atoms. The van der Waals surface area contributed by atoms with Gasteiger partial charge in [-0.05, 0) is 47.9 Å². The van der Waals surface area contributed by atoms with Crippen LogP contribution in [-0.4, -0.2) is 20.2 Å². The molecule has 0 fully saturated rings. The molecular weight excluding hydrogens is 240 g/mol. The fourth-order valence-electron chi connectivity index (χ4n) is 2.23. The Kier molecular flexibility index (Phi) is 3.69. The van der Waals surface area contributed by atoms with Gasteiger partial charge in [-0.2, -0.15) is 0 Å². The van der Waals surface area contributed by atoms with Gasteiger partial charge in [-0.3, -0.25) is 0 Å². The van der Waals surface area contributed by atoms with Gasteiger partial charge in [-0.15, -0.1) is 5.10 Å². The third-order valence-corrected chi connectivity index (χ3v) is 3.04. The zero-order chi connectivity index (χ0) is 14.0. The molecule has 0 aliphatic heterocycles. The maximum atomic E-state index is 5.99. The summed E-state index contributed by atoms with van der Waals surface area (Å²) < 4.78 is 1.82. The Morgan fingerprint density at radius 2 is 1.95 bits per heavy atom. The van der Waals surface area contributed by atoms with Crippen LogP contribution in [0.2, 0.25) is 0 Å². The number of aromatic nitrogens is 4. The Labute approximate surface area is 112 Å². The first-order valence-corrected chi connectivity index (χ1v) is 6.42. The normalized spacial score (nSPS) is 12.8. The van der Waals surface area contributed by atoms with Crippen molar-refractivity contribution in [2.75, 3.05) is 11.5 Å². The molecule has 0 saturated heterocycles. The third-order valence-electron chi connectivity index (χ3n) is 3.04. The molecule has 0 aliphatic carbocycles. The second-order valence-corrected chi connectivity index (χ2v) is 5.27. The molecule has 0 amide bonds. The molecule has 1 heterocycles. The molecule has 0 spiro atoms. The smallest absolute Gasteiger partial charge is 0.184 e. The second kappa shape index (κ2) is 5.26. The van der Waals surface area contributed by atoms with Crippen molar-refractivity contribution in [3.63, 3.8) is 0 Å². The minimum absolute atomic E-state index is 0.224. The average molecular weight is 260 g/mol. The van der Waals surface area contributed by atoms with Gasteiger partial charge in [0.2, 0.25) is 0 Å². The molecule has 0 saturated carbocycles. The summed E-state index contributed by atoms with van der Waals surface area (Å²) in [5.41, 5.74) is 13.7. The molecule has 1 aromatic heterocycles. The Bertz CT molecular complexity index is 560. The summed E-state index contributed by atoms with van der Waals surface area (Å²) in [6.45, 7) is 6.46. The van der Waals surface area contributed by atoms with Crippen LogP contribution in [0, 0.1) is 5.92 Å². The number of nitrogens with zero attached hydrogens (tertiary/aromatic N) is 4. The summed E-state index contributed by atoms with van der Waals surface area (Å²) in [6.07, 6.45) is 1.01. The minimum atomic E-state index is 0.224. The van der Waals surface area contributed by atoms with Crippen LogP contribution in [0.3, 0.4) is 0 Å². The van der Waals surface area contributed by atoms with Crippen molar-refractivity contribution >= 4 is 11.4 Å². The number of hydrogen-bond acceptors (Lipinski definition) is 5. The van der Waals surface area contributed by atoms with E-state index in [9.17, 15) is 0 Å². The SMILES string of the molecule is CC(C)CC(C)n1nnnc1-c1ccc(N)cc1N. The van der Waals surface area contributed by atoms with Crippen LogP contribution in [0.5, 0.6) is 0 Å². The minimum Gasteiger partial charge on any atom is -0.399 e. The maximum Gasteiger partial charge on any atom is 0.184 e. The van der Waals surface area contributed by atoms with E-state index >= 15 is 0 Å². The highest BCUT2D eigenvalue weighted by Gasteiger charge is 2.17. The Morgan fingerprint density at radius 3 is 2.58 bits per heavy atom. The van der Waals surface area contributed by atoms with Crippen LogP contribution in [-0.2, 0) is 0 Å². The van der Waals surface area contributed by atoms with Crippen molar-refractivity contribution < 1.29 is 0 Å². The van der Waals surface area contributed by atoms with Gasteiger partial charge in [0, 0.05) is 16.9 Å². The quantitative estimate of drug-likeness (QED) is 0.821. The molecule has 2 aromatic rings. The fourth-order valence-corrected chi connectivity index (χ4v) is 2.23. The Balaban J connectivity index is 2.38. The van der Waals surface area contributed by atoms with E-state index < -0.39 is 0 Å². The summed E-state index contributed by atoms with van der Waals surface area (Å²) in [6, 6.07) is 5.61. The lowest BCUT2D eigenvalue weighted by Crippen LogP contribution is -2.12. The number of tetrazole rings is 1. The van der Waals surface area contributed by atoms with Crippen LogP contribution < -0.4 is 11.5 Å². The maximum absolute atomic E-state index is 5.99. The van der Waals surface area contributed by atoms with Gasteiger partial charge in [0.15, 0.2) is 5.82 Å². The summed E-state index contributed by atoms with van der Waals surface area (Å²) in [7, 11) is 0. The molecule has 102 valence electrons. The molecule has 2 rings (SSSR count). The van der Waals surface area contributed by atoms with E-state index in [0.29, 0.717) is 23.1 Å². The van der Waals surface area contributed by atoms with Crippen LogP contribution in [0.15, 0.2) is 18.2 Å². The monoisotopic (exact) mass is 260 g/mol. The highest BCUT2D eigenvalue weighted by molar-refractivity contribution is 5.74.